The van der Waals surface area contributed by atoms with Gasteiger partial charge in [-0.25, -0.2) is 0 Å². The van der Waals surface area contributed by atoms with E-state index in [-0.39, 0.29) is 17.7 Å². The molecular weight excluding hydrogens is 180 g/mol. The summed E-state index contributed by atoms with van der Waals surface area (Å²) in [5, 5.41) is 0. The average Bonchev–Trinajstić information content (AvgIpc) is 2.61. The second-order valence-corrected chi connectivity index (χ2v) is 4.39. The van der Waals surface area contributed by atoms with E-state index in [2.05, 4.69) is 0 Å². The number of rotatable bonds is 2. The highest BCUT2D eigenvalue weighted by atomic mass is 16.5. The van der Waals surface area contributed by atoms with Crippen LogP contribution in [0.5, 0.6) is 0 Å². The third kappa shape index (κ3) is 1.26. The van der Waals surface area contributed by atoms with Crippen molar-refractivity contribution in [1.82, 2.24) is 0 Å². The molecule has 2 aliphatic rings. The van der Waals surface area contributed by atoms with Gasteiger partial charge in [-0.3, -0.25) is 9.59 Å². The van der Waals surface area contributed by atoms with Crippen LogP contribution in [0.1, 0.15) is 39.0 Å². The zero-order chi connectivity index (χ0) is 10.2. The van der Waals surface area contributed by atoms with Gasteiger partial charge in [0.05, 0.1) is 12.0 Å². The van der Waals surface area contributed by atoms with Gasteiger partial charge >= 0.3 is 5.97 Å². The molecule has 0 amide bonds. The summed E-state index contributed by atoms with van der Waals surface area (Å²) < 4.78 is 5.09. The number of carbonyl (C=O) groups is 2. The van der Waals surface area contributed by atoms with E-state index < -0.39 is 5.41 Å². The molecule has 0 heterocycles. The number of Topliss-reactive ketones (excluding diaryl/α,β-unsaturated/α-hetero) is 1. The Hall–Kier alpha value is -0.860. The fourth-order valence-corrected chi connectivity index (χ4v) is 2.99. The molecule has 78 valence electrons. The summed E-state index contributed by atoms with van der Waals surface area (Å²) in [7, 11) is 0. The maximum atomic E-state index is 11.8. The lowest BCUT2D eigenvalue weighted by molar-refractivity contribution is -0.157. The van der Waals surface area contributed by atoms with Crippen molar-refractivity contribution in [2.75, 3.05) is 6.61 Å². The van der Waals surface area contributed by atoms with Crippen molar-refractivity contribution in [3.8, 4) is 0 Å². The smallest absolute Gasteiger partial charge is 0.312 e. The topological polar surface area (TPSA) is 43.4 Å². The summed E-state index contributed by atoms with van der Waals surface area (Å²) in [5.74, 6) is 0.380. The molecule has 14 heavy (non-hydrogen) atoms. The number of hydrogen-bond donors (Lipinski definition) is 0. The fourth-order valence-electron chi connectivity index (χ4n) is 2.99. The molecule has 0 saturated heterocycles. The Balaban J connectivity index is 2.19. The molecule has 1 unspecified atom stereocenters. The van der Waals surface area contributed by atoms with Gasteiger partial charge in [0, 0.05) is 12.8 Å². The van der Waals surface area contributed by atoms with Crippen LogP contribution < -0.4 is 0 Å². The predicted octanol–water partition coefficient (Wildman–Crippen LogP) is 1.70. The number of esters is 1. The SMILES string of the molecule is CCOC(=O)[C@@]12CCCC1CC(=O)C2. The molecule has 2 atom stereocenters. The van der Waals surface area contributed by atoms with Crippen LogP contribution in [0.15, 0.2) is 0 Å². The summed E-state index contributed by atoms with van der Waals surface area (Å²) >= 11 is 0. The Kier molecular flexibility index (Phi) is 2.33. The van der Waals surface area contributed by atoms with Gasteiger partial charge in [0.1, 0.15) is 5.78 Å². The largest absolute Gasteiger partial charge is 0.466 e. The molecule has 2 saturated carbocycles. The quantitative estimate of drug-likeness (QED) is 0.631. The van der Waals surface area contributed by atoms with Crippen LogP contribution in [0.25, 0.3) is 0 Å². The summed E-state index contributed by atoms with van der Waals surface area (Å²) in [6, 6.07) is 0. The van der Waals surface area contributed by atoms with Crippen molar-refractivity contribution in [3.05, 3.63) is 0 Å². The number of ketones is 1. The van der Waals surface area contributed by atoms with Gasteiger partial charge in [0.15, 0.2) is 0 Å². The van der Waals surface area contributed by atoms with E-state index in [4.69, 9.17) is 4.74 Å². The lowest BCUT2D eigenvalue weighted by atomic mass is 9.80. The first kappa shape index (κ1) is 9.69. The molecule has 0 bridgehead atoms. The molecule has 0 aliphatic heterocycles. The van der Waals surface area contributed by atoms with Crippen LogP contribution in [-0.2, 0) is 14.3 Å². The highest BCUT2D eigenvalue weighted by Crippen LogP contribution is 2.53. The molecular formula is C11H16O3. The third-order valence-corrected chi connectivity index (χ3v) is 3.63. The van der Waals surface area contributed by atoms with Gasteiger partial charge in [0.25, 0.3) is 0 Å². The summed E-state index contributed by atoms with van der Waals surface area (Å²) in [4.78, 5) is 23.2. The van der Waals surface area contributed by atoms with Crippen LogP contribution in [0.2, 0.25) is 0 Å². The molecule has 0 aromatic carbocycles. The van der Waals surface area contributed by atoms with Crippen molar-refractivity contribution >= 4 is 11.8 Å². The Morgan fingerprint density at radius 2 is 2.43 bits per heavy atom. The molecule has 0 aromatic rings. The molecule has 0 aromatic heterocycles. The van der Waals surface area contributed by atoms with E-state index in [1.54, 1.807) is 0 Å². The van der Waals surface area contributed by atoms with E-state index in [1.165, 1.54) is 0 Å². The molecule has 2 aliphatic carbocycles. The zero-order valence-electron chi connectivity index (χ0n) is 8.54. The van der Waals surface area contributed by atoms with Gasteiger partial charge in [0.2, 0.25) is 0 Å². The van der Waals surface area contributed by atoms with E-state index >= 15 is 0 Å². The minimum absolute atomic E-state index is 0.131. The second kappa shape index (κ2) is 3.37. The molecule has 2 rings (SSSR count). The van der Waals surface area contributed by atoms with E-state index in [0.717, 1.165) is 19.3 Å². The highest BCUT2D eigenvalue weighted by Gasteiger charge is 2.55. The monoisotopic (exact) mass is 196 g/mol. The normalized spacial score (nSPS) is 35.8. The molecule has 0 N–H and O–H groups in total. The molecule has 0 radical (unpaired) electrons. The maximum Gasteiger partial charge on any atom is 0.312 e. The first-order chi connectivity index (χ1) is 6.69. The minimum atomic E-state index is -0.424. The second-order valence-electron chi connectivity index (χ2n) is 4.39. The van der Waals surface area contributed by atoms with Crippen molar-refractivity contribution in [3.63, 3.8) is 0 Å². The Morgan fingerprint density at radius 3 is 3.14 bits per heavy atom. The number of hydrogen-bond acceptors (Lipinski definition) is 3. The average molecular weight is 196 g/mol. The Bertz CT molecular complexity index is 272. The molecule has 2 fully saturated rings. The lowest BCUT2D eigenvalue weighted by Crippen LogP contribution is -2.32. The zero-order valence-corrected chi connectivity index (χ0v) is 8.54. The van der Waals surface area contributed by atoms with Gasteiger partial charge in [-0.1, -0.05) is 6.42 Å². The predicted molar refractivity (Wildman–Crippen MR) is 50.6 cm³/mol. The Morgan fingerprint density at radius 1 is 1.64 bits per heavy atom. The first-order valence-electron chi connectivity index (χ1n) is 5.38. The number of fused-ring (bicyclic) bond motifs is 1. The number of ether oxygens (including phenoxy) is 1. The van der Waals surface area contributed by atoms with E-state index in [1.807, 2.05) is 6.92 Å². The van der Waals surface area contributed by atoms with Crippen molar-refractivity contribution in [1.29, 1.82) is 0 Å². The maximum absolute atomic E-state index is 11.8. The number of carbonyl (C=O) groups excluding carboxylic acids is 2. The summed E-state index contributed by atoms with van der Waals surface area (Å²) in [6.07, 6.45) is 3.96. The Labute approximate surface area is 83.8 Å². The van der Waals surface area contributed by atoms with E-state index in [9.17, 15) is 9.59 Å². The van der Waals surface area contributed by atoms with Crippen LogP contribution in [-0.4, -0.2) is 18.4 Å². The summed E-state index contributed by atoms with van der Waals surface area (Å²) in [6.45, 7) is 2.23. The van der Waals surface area contributed by atoms with Gasteiger partial charge < -0.3 is 4.74 Å². The standard InChI is InChI=1S/C11H16O3/c1-2-14-10(13)11-5-3-4-8(11)6-9(12)7-11/h8H,2-7H2,1H3/t8?,11-/m1/s1. The van der Waals surface area contributed by atoms with E-state index in [0.29, 0.717) is 19.4 Å². The molecule has 0 spiro atoms. The summed E-state index contributed by atoms with van der Waals surface area (Å²) in [5.41, 5.74) is -0.424. The molecule has 3 nitrogen and oxygen atoms in total. The van der Waals surface area contributed by atoms with Crippen LogP contribution in [0.3, 0.4) is 0 Å². The van der Waals surface area contributed by atoms with Crippen molar-refractivity contribution in [2.24, 2.45) is 11.3 Å². The molecule has 3 heteroatoms. The van der Waals surface area contributed by atoms with Crippen LogP contribution >= 0.6 is 0 Å². The van der Waals surface area contributed by atoms with Gasteiger partial charge in [-0.2, -0.15) is 0 Å². The fraction of sp³-hybridized carbons (Fsp3) is 0.818. The van der Waals surface area contributed by atoms with Crippen LogP contribution in [0.4, 0.5) is 0 Å². The highest BCUT2D eigenvalue weighted by molar-refractivity contribution is 5.91. The van der Waals surface area contributed by atoms with Crippen molar-refractivity contribution < 1.29 is 14.3 Å². The minimum Gasteiger partial charge on any atom is -0.466 e. The van der Waals surface area contributed by atoms with Gasteiger partial charge in [-0.05, 0) is 25.7 Å². The van der Waals surface area contributed by atoms with Gasteiger partial charge in [-0.15, -0.1) is 0 Å². The van der Waals surface area contributed by atoms with Crippen LogP contribution in [0, 0.1) is 11.3 Å². The van der Waals surface area contributed by atoms with Crippen molar-refractivity contribution in [2.45, 2.75) is 39.0 Å². The first-order valence-corrected chi connectivity index (χ1v) is 5.38. The lowest BCUT2D eigenvalue weighted by Gasteiger charge is -2.25. The third-order valence-electron chi connectivity index (χ3n) is 3.63.